The molecule has 5 heteroatoms. The van der Waals surface area contributed by atoms with E-state index in [9.17, 15) is 9.59 Å². The number of fused-ring (bicyclic) bond motifs is 1. The third kappa shape index (κ3) is 3.84. The minimum Gasteiger partial charge on any atom is -0.481 e. The summed E-state index contributed by atoms with van der Waals surface area (Å²) in [5.41, 5.74) is 2.10. The number of aryl methyl sites for hydroxylation is 1. The molecule has 0 aliphatic carbocycles. The molecule has 2 rings (SSSR count). The molecular formula is C16H20N2O3. The van der Waals surface area contributed by atoms with Crippen molar-refractivity contribution in [2.45, 2.75) is 32.7 Å². The number of nitrogens with one attached hydrogen (secondary N) is 1. The highest BCUT2D eigenvalue weighted by atomic mass is 16.4. The van der Waals surface area contributed by atoms with E-state index in [1.54, 1.807) is 0 Å². The average Bonchev–Trinajstić information content (AvgIpc) is 2.77. The first-order valence-corrected chi connectivity index (χ1v) is 7.17. The van der Waals surface area contributed by atoms with Crippen LogP contribution in [0.15, 0.2) is 30.5 Å². The summed E-state index contributed by atoms with van der Waals surface area (Å²) in [4.78, 5) is 22.4. The average molecular weight is 288 g/mol. The van der Waals surface area contributed by atoms with E-state index in [1.807, 2.05) is 42.0 Å². The molecule has 1 amide bonds. The van der Waals surface area contributed by atoms with Gasteiger partial charge in [-0.3, -0.25) is 9.59 Å². The molecule has 0 unspecified atom stereocenters. The van der Waals surface area contributed by atoms with E-state index in [4.69, 9.17) is 5.11 Å². The number of carbonyl (C=O) groups excluding carboxylic acids is 1. The minimum absolute atomic E-state index is 0.0182. The molecule has 0 saturated carbocycles. The summed E-state index contributed by atoms with van der Waals surface area (Å²) in [5, 5.41) is 12.6. The van der Waals surface area contributed by atoms with E-state index >= 15 is 0 Å². The van der Waals surface area contributed by atoms with Crippen LogP contribution in [0.5, 0.6) is 0 Å². The predicted molar refractivity (Wildman–Crippen MR) is 81.2 cm³/mol. The lowest BCUT2D eigenvalue weighted by atomic mass is 10.1. The van der Waals surface area contributed by atoms with Gasteiger partial charge in [-0.2, -0.15) is 0 Å². The molecule has 0 bridgehead atoms. The molecule has 2 N–H and O–H groups in total. The molecule has 0 fully saturated rings. The molecule has 5 nitrogen and oxygen atoms in total. The molecule has 1 aromatic heterocycles. The lowest BCUT2D eigenvalue weighted by molar-refractivity contribution is -0.137. The van der Waals surface area contributed by atoms with Crippen LogP contribution < -0.4 is 5.32 Å². The zero-order valence-electron chi connectivity index (χ0n) is 12.1. The van der Waals surface area contributed by atoms with Crippen LogP contribution in [0.3, 0.4) is 0 Å². The SMILES string of the molecule is CCNC(=O)Cn1cc(CCCC(=O)O)c2ccccc21. The normalized spacial score (nSPS) is 10.7. The van der Waals surface area contributed by atoms with Crippen molar-refractivity contribution in [3.05, 3.63) is 36.0 Å². The first kappa shape index (κ1) is 15.1. The molecule has 0 saturated heterocycles. The second-order valence-electron chi connectivity index (χ2n) is 5.00. The molecule has 1 heterocycles. The number of aliphatic carboxylic acids is 1. The van der Waals surface area contributed by atoms with E-state index in [2.05, 4.69) is 5.32 Å². The number of para-hydroxylation sites is 1. The lowest BCUT2D eigenvalue weighted by Gasteiger charge is -2.05. The van der Waals surface area contributed by atoms with Gasteiger partial charge in [0.25, 0.3) is 0 Å². The number of aromatic nitrogens is 1. The Hall–Kier alpha value is -2.30. The summed E-state index contributed by atoms with van der Waals surface area (Å²) in [7, 11) is 0. The molecule has 0 aliphatic heterocycles. The Bertz CT molecular complexity index is 646. The van der Waals surface area contributed by atoms with Crippen molar-refractivity contribution >= 4 is 22.8 Å². The number of amides is 1. The van der Waals surface area contributed by atoms with Gasteiger partial charge in [-0.05, 0) is 31.4 Å². The van der Waals surface area contributed by atoms with Crippen molar-refractivity contribution in [3.63, 3.8) is 0 Å². The number of rotatable bonds is 7. The Balaban J connectivity index is 2.21. The summed E-state index contributed by atoms with van der Waals surface area (Å²) >= 11 is 0. The van der Waals surface area contributed by atoms with Crippen LogP contribution in [0.25, 0.3) is 10.9 Å². The molecule has 1 aromatic carbocycles. The number of nitrogens with zero attached hydrogens (tertiary/aromatic N) is 1. The maximum absolute atomic E-state index is 11.8. The number of benzene rings is 1. The second kappa shape index (κ2) is 6.92. The fraction of sp³-hybridized carbons (Fsp3) is 0.375. The van der Waals surface area contributed by atoms with Gasteiger partial charge in [-0.1, -0.05) is 18.2 Å². The summed E-state index contributed by atoms with van der Waals surface area (Å²) < 4.78 is 1.93. The number of carbonyl (C=O) groups is 2. The third-order valence-electron chi connectivity index (χ3n) is 3.40. The van der Waals surface area contributed by atoms with Crippen molar-refractivity contribution in [2.24, 2.45) is 0 Å². The van der Waals surface area contributed by atoms with Crippen molar-refractivity contribution in [1.82, 2.24) is 9.88 Å². The summed E-state index contributed by atoms with van der Waals surface area (Å²) in [6, 6.07) is 7.89. The van der Waals surface area contributed by atoms with Crippen LogP contribution in [0.1, 0.15) is 25.3 Å². The standard InChI is InChI=1S/C16H20N2O3/c1-2-17-15(19)11-18-10-12(6-5-9-16(20)21)13-7-3-4-8-14(13)18/h3-4,7-8,10H,2,5-6,9,11H2,1H3,(H,17,19)(H,20,21). The Morgan fingerprint density at radius 1 is 1.29 bits per heavy atom. The predicted octanol–water partition coefficient (Wildman–Crippen LogP) is 2.18. The van der Waals surface area contributed by atoms with Gasteiger partial charge in [0.2, 0.25) is 5.91 Å². The number of carboxylic acids is 1. The fourth-order valence-electron chi connectivity index (χ4n) is 2.49. The van der Waals surface area contributed by atoms with Crippen molar-refractivity contribution in [2.75, 3.05) is 6.54 Å². The van der Waals surface area contributed by atoms with E-state index in [0.29, 0.717) is 19.4 Å². The molecule has 2 aromatic rings. The van der Waals surface area contributed by atoms with Gasteiger partial charge < -0.3 is 15.0 Å². The van der Waals surface area contributed by atoms with Gasteiger partial charge in [0.1, 0.15) is 6.54 Å². The largest absolute Gasteiger partial charge is 0.481 e. The number of carboxylic acid groups (broad SMARTS) is 1. The smallest absolute Gasteiger partial charge is 0.303 e. The van der Waals surface area contributed by atoms with Crippen LogP contribution in [-0.2, 0) is 22.6 Å². The molecular weight excluding hydrogens is 268 g/mol. The number of likely N-dealkylation sites (N-methyl/N-ethyl adjacent to an activating group) is 1. The van der Waals surface area contributed by atoms with E-state index < -0.39 is 5.97 Å². The highest BCUT2D eigenvalue weighted by Crippen LogP contribution is 2.22. The molecule has 0 aliphatic rings. The van der Waals surface area contributed by atoms with E-state index in [-0.39, 0.29) is 18.9 Å². The molecule has 0 radical (unpaired) electrons. The number of hydrogen-bond acceptors (Lipinski definition) is 2. The monoisotopic (exact) mass is 288 g/mol. The zero-order chi connectivity index (χ0) is 15.2. The first-order chi connectivity index (χ1) is 10.1. The lowest BCUT2D eigenvalue weighted by Crippen LogP contribution is -2.26. The summed E-state index contributed by atoms with van der Waals surface area (Å²) in [6.07, 6.45) is 3.43. The van der Waals surface area contributed by atoms with Gasteiger partial charge in [0, 0.05) is 30.1 Å². The molecule has 112 valence electrons. The van der Waals surface area contributed by atoms with Crippen LogP contribution in [0.4, 0.5) is 0 Å². The van der Waals surface area contributed by atoms with Crippen LogP contribution in [0, 0.1) is 0 Å². The highest BCUT2D eigenvalue weighted by Gasteiger charge is 2.10. The second-order valence-corrected chi connectivity index (χ2v) is 5.00. The van der Waals surface area contributed by atoms with Crippen LogP contribution in [-0.4, -0.2) is 28.1 Å². The molecule has 21 heavy (non-hydrogen) atoms. The fourth-order valence-corrected chi connectivity index (χ4v) is 2.49. The van der Waals surface area contributed by atoms with Crippen molar-refractivity contribution < 1.29 is 14.7 Å². The van der Waals surface area contributed by atoms with E-state index in [1.165, 1.54) is 0 Å². The van der Waals surface area contributed by atoms with Crippen molar-refractivity contribution in [1.29, 1.82) is 0 Å². The Labute approximate surface area is 123 Å². The van der Waals surface area contributed by atoms with Gasteiger partial charge in [0.05, 0.1) is 0 Å². The number of hydrogen-bond donors (Lipinski definition) is 2. The van der Waals surface area contributed by atoms with Gasteiger partial charge in [-0.25, -0.2) is 0 Å². The summed E-state index contributed by atoms with van der Waals surface area (Å²) in [6.45, 7) is 2.79. The minimum atomic E-state index is -0.777. The third-order valence-corrected chi connectivity index (χ3v) is 3.40. The highest BCUT2D eigenvalue weighted by molar-refractivity contribution is 5.86. The van der Waals surface area contributed by atoms with Gasteiger partial charge >= 0.3 is 5.97 Å². The van der Waals surface area contributed by atoms with Gasteiger partial charge in [-0.15, -0.1) is 0 Å². The Morgan fingerprint density at radius 3 is 2.76 bits per heavy atom. The van der Waals surface area contributed by atoms with Crippen molar-refractivity contribution in [3.8, 4) is 0 Å². The Morgan fingerprint density at radius 2 is 2.05 bits per heavy atom. The van der Waals surface area contributed by atoms with Crippen LogP contribution in [0.2, 0.25) is 0 Å². The molecule has 0 spiro atoms. The molecule has 0 atom stereocenters. The first-order valence-electron chi connectivity index (χ1n) is 7.17. The maximum atomic E-state index is 11.8. The summed E-state index contributed by atoms with van der Waals surface area (Å²) in [5.74, 6) is -0.795. The Kier molecular flexibility index (Phi) is 4.98. The van der Waals surface area contributed by atoms with Crippen LogP contribution >= 0.6 is 0 Å². The topological polar surface area (TPSA) is 71.3 Å². The zero-order valence-corrected chi connectivity index (χ0v) is 12.1. The maximum Gasteiger partial charge on any atom is 0.303 e. The quantitative estimate of drug-likeness (QED) is 0.820. The van der Waals surface area contributed by atoms with Gasteiger partial charge in [0.15, 0.2) is 0 Å². The van der Waals surface area contributed by atoms with E-state index in [0.717, 1.165) is 16.5 Å².